The van der Waals surface area contributed by atoms with E-state index in [2.05, 4.69) is 51.9 Å². The van der Waals surface area contributed by atoms with Crippen LogP contribution in [0.3, 0.4) is 0 Å². The van der Waals surface area contributed by atoms with Gasteiger partial charge in [-0.25, -0.2) is 0 Å². The molecule has 1 N–H and O–H groups in total. The molecule has 1 radical (unpaired) electrons. The Labute approximate surface area is 120 Å². The van der Waals surface area contributed by atoms with E-state index in [9.17, 15) is 0 Å². The number of rotatable bonds is 2. The first-order chi connectivity index (χ1) is 8.62. The molecule has 0 aromatic heterocycles. The van der Waals surface area contributed by atoms with E-state index in [0.717, 1.165) is 12.1 Å². The van der Waals surface area contributed by atoms with E-state index in [-0.39, 0.29) is 5.35 Å². The average molecular weight is 284 g/mol. The van der Waals surface area contributed by atoms with Gasteiger partial charge in [-0.3, -0.25) is 10.2 Å². The Kier molecular flexibility index (Phi) is 3.94. The average Bonchev–Trinajstić information content (AvgIpc) is 2.68. The highest BCUT2D eigenvalue weighted by atomic mass is 28.3. The van der Waals surface area contributed by atoms with Gasteiger partial charge in [0.1, 0.15) is 14.1 Å². The van der Waals surface area contributed by atoms with Crippen molar-refractivity contribution in [3.8, 4) is 0 Å². The fraction of sp³-hybridized carbons (Fsp3) is 1.00. The Bertz CT molecular complexity index is 327. The third-order valence-corrected chi connectivity index (χ3v) is 9.47. The fourth-order valence-corrected chi connectivity index (χ4v) is 8.37. The van der Waals surface area contributed by atoms with Gasteiger partial charge in [-0.2, -0.15) is 0 Å². The molecule has 2 fully saturated rings. The normalized spacial score (nSPS) is 36.8. The molecule has 2 aliphatic heterocycles. The van der Waals surface area contributed by atoms with Crippen molar-refractivity contribution in [1.29, 1.82) is 0 Å². The lowest BCUT2D eigenvalue weighted by atomic mass is 9.80. The first kappa shape index (κ1) is 15.5. The lowest BCUT2D eigenvalue weighted by Gasteiger charge is -2.55. The summed E-state index contributed by atoms with van der Waals surface area (Å²) >= 11 is 0. The molecular formula is C15H31N2OSi. The van der Waals surface area contributed by atoms with Crippen LogP contribution < -0.4 is 5.32 Å². The molecule has 0 amide bonds. The molecule has 2 aliphatic rings. The molecule has 0 bridgehead atoms. The molecule has 1 unspecified atom stereocenters. The van der Waals surface area contributed by atoms with Crippen molar-refractivity contribution in [2.24, 2.45) is 0 Å². The van der Waals surface area contributed by atoms with E-state index in [1.54, 1.807) is 0 Å². The molecule has 3 nitrogen and oxygen atoms in total. The molecule has 0 aromatic carbocycles. The van der Waals surface area contributed by atoms with Crippen molar-refractivity contribution in [3.05, 3.63) is 0 Å². The number of hydrogen-bond acceptors (Lipinski definition) is 3. The SMILES string of the molecule is COC1(C)NCC[Si]1C1CC(C)(C)N(C)C(C)(C)C1. The minimum atomic E-state index is -0.524. The first-order valence-corrected chi connectivity index (χ1v) is 9.31. The summed E-state index contributed by atoms with van der Waals surface area (Å²) < 4.78 is 5.85. The van der Waals surface area contributed by atoms with Gasteiger partial charge in [-0.1, -0.05) is 0 Å². The summed E-state index contributed by atoms with van der Waals surface area (Å²) in [5, 5.41) is 3.58. The van der Waals surface area contributed by atoms with Crippen LogP contribution in [0, 0.1) is 0 Å². The summed E-state index contributed by atoms with van der Waals surface area (Å²) in [6.45, 7) is 13.0. The van der Waals surface area contributed by atoms with E-state index in [1.165, 1.54) is 18.9 Å². The Morgan fingerprint density at radius 3 is 2.11 bits per heavy atom. The summed E-state index contributed by atoms with van der Waals surface area (Å²) in [4.78, 5) is 2.57. The molecule has 1 atom stereocenters. The molecule has 2 rings (SSSR count). The number of likely N-dealkylation sites (tertiary alicyclic amines) is 1. The number of nitrogens with zero attached hydrogens (tertiary/aromatic N) is 1. The smallest absolute Gasteiger partial charge is 0.113 e. The van der Waals surface area contributed by atoms with Gasteiger partial charge in [0.15, 0.2) is 0 Å². The highest BCUT2D eigenvalue weighted by Crippen LogP contribution is 2.47. The van der Waals surface area contributed by atoms with Crippen molar-refractivity contribution in [2.75, 3.05) is 20.7 Å². The van der Waals surface area contributed by atoms with Crippen LogP contribution in [-0.4, -0.2) is 50.8 Å². The van der Waals surface area contributed by atoms with Gasteiger partial charge in [-0.15, -0.1) is 0 Å². The first-order valence-electron chi connectivity index (χ1n) is 7.53. The van der Waals surface area contributed by atoms with E-state index in [4.69, 9.17) is 4.74 Å². The van der Waals surface area contributed by atoms with E-state index >= 15 is 0 Å². The Morgan fingerprint density at radius 1 is 1.11 bits per heavy atom. The zero-order chi connectivity index (χ0) is 14.5. The van der Waals surface area contributed by atoms with Gasteiger partial charge >= 0.3 is 0 Å². The highest BCUT2D eigenvalue weighted by Gasteiger charge is 2.51. The summed E-state index contributed by atoms with van der Waals surface area (Å²) in [6.07, 6.45) is 2.61. The minimum Gasteiger partial charge on any atom is -0.368 e. The molecule has 2 saturated heterocycles. The predicted octanol–water partition coefficient (Wildman–Crippen LogP) is 2.64. The van der Waals surface area contributed by atoms with Crippen LogP contribution in [0.5, 0.6) is 0 Å². The maximum Gasteiger partial charge on any atom is 0.113 e. The number of ether oxygens (including phenoxy) is 1. The van der Waals surface area contributed by atoms with Crippen LogP contribution in [-0.2, 0) is 4.74 Å². The fourth-order valence-electron chi connectivity index (χ4n) is 4.20. The standard InChI is InChI=1S/C15H31N2OSi/c1-13(2)10-12(11-14(3,4)17(13)6)19-9-8-16-15(19,5)18-7/h12,16H,8-11H2,1-7H3. The van der Waals surface area contributed by atoms with Crippen molar-refractivity contribution in [1.82, 2.24) is 10.2 Å². The van der Waals surface area contributed by atoms with Crippen molar-refractivity contribution >= 4 is 8.80 Å². The quantitative estimate of drug-likeness (QED) is 0.789. The molecular weight excluding hydrogens is 252 g/mol. The topological polar surface area (TPSA) is 24.5 Å². The second-order valence-electron chi connectivity index (χ2n) is 7.73. The van der Waals surface area contributed by atoms with Crippen LogP contribution in [0.25, 0.3) is 0 Å². The van der Waals surface area contributed by atoms with Gasteiger partial charge in [0.25, 0.3) is 0 Å². The zero-order valence-corrected chi connectivity index (χ0v) is 14.8. The molecule has 0 saturated carbocycles. The van der Waals surface area contributed by atoms with Gasteiger partial charge in [-0.05, 0) is 72.6 Å². The minimum absolute atomic E-state index is 0.0304. The largest absolute Gasteiger partial charge is 0.368 e. The van der Waals surface area contributed by atoms with Crippen LogP contribution in [0.1, 0.15) is 47.5 Å². The van der Waals surface area contributed by atoms with Gasteiger partial charge in [0, 0.05) is 18.2 Å². The lowest BCUT2D eigenvalue weighted by molar-refractivity contribution is -0.00665. The second kappa shape index (κ2) is 4.83. The molecule has 0 spiro atoms. The Hall–Kier alpha value is 0.0969. The summed E-state index contributed by atoms with van der Waals surface area (Å²) in [6, 6.07) is 1.34. The Balaban J connectivity index is 2.22. The lowest BCUT2D eigenvalue weighted by Crippen LogP contribution is -2.61. The van der Waals surface area contributed by atoms with Crippen LogP contribution >= 0.6 is 0 Å². The predicted molar refractivity (Wildman–Crippen MR) is 82.9 cm³/mol. The van der Waals surface area contributed by atoms with Gasteiger partial charge < -0.3 is 4.74 Å². The molecule has 4 heteroatoms. The van der Waals surface area contributed by atoms with Crippen LogP contribution in [0.4, 0.5) is 0 Å². The third kappa shape index (κ3) is 2.65. The molecule has 0 aromatic rings. The Morgan fingerprint density at radius 2 is 1.63 bits per heavy atom. The van der Waals surface area contributed by atoms with Crippen molar-refractivity contribution < 1.29 is 4.74 Å². The van der Waals surface area contributed by atoms with Crippen molar-refractivity contribution in [2.45, 2.75) is 75.5 Å². The molecule has 19 heavy (non-hydrogen) atoms. The third-order valence-electron chi connectivity index (χ3n) is 5.68. The van der Waals surface area contributed by atoms with E-state index in [1.807, 2.05) is 7.11 Å². The number of hydrogen-bond donors (Lipinski definition) is 1. The van der Waals surface area contributed by atoms with Gasteiger partial charge in [0.05, 0.1) is 0 Å². The monoisotopic (exact) mass is 283 g/mol. The zero-order valence-electron chi connectivity index (χ0n) is 13.8. The molecule has 111 valence electrons. The van der Waals surface area contributed by atoms with Gasteiger partial charge in [0.2, 0.25) is 0 Å². The number of nitrogens with one attached hydrogen (secondary N) is 1. The van der Waals surface area contributed by atoms with Crippen molar-refractivity contribution in [3.63, 3.8) is 0 Å². The molecule has 2 heterocycles. The van der Waals surface area contributed by atoms with E-state index in [0.29, 0.717) is 11.1 Å². The second-order valence-corrected chi connectivity index (χ2v) is 11.0. The van der Waals surface area contributed by atoms with E-state index < -0.39 is 8.80 Å². The number of piperidine rings is 1. The maximum atomic E-state index is 5.85. The number of methoxy groups -OCH3 is 1. The summed E-state index contributed by atoms with van der Waals surface area (Å²) in [5.41, 5.74) is 1.42. The summed E-state index contributed by atoms with van der Waals surface area (Å²) in [7, 11) is 3.63. The maximum absolute atomic E-state index is 5.85. The van der Waals surface area contributed by atoms with Crippen LogP contribution in [0.15, 0.2) is 0 Å². The summed E-state index contributed by atoms with van der Waals surface area (Å²) in [5.74, 6) is 0. The highest BCUT2D eigenvalue weighted by molar-refractivity contribution is 6.64. The van der Waals surface area contributed by atoms with Crippen LogP contribution in [0.2, 0.25) is 11.6 Å². The molecule has 0 aliphatic carbocycles.